The highest BCUT2D eigenvalue weighted by molar-refractivity contribution is 7.80. The third-order valence-electron chi connectivity index (χ3n) is 4.73. The Labute approximate surface area is 151 Å². The third kappa shape index (κ3) is 4.81. The van der Waals surface area contributed by atoms with Crippen LogP contribution < -0.4 is 10.6 Å². The second-order valence-electron chi connectivity index (χ2n) is 6.60. The Morgan fingerprint density at radius 3 is 2.17 bits per heavy atom. The number of thiocarbonyl (C=S) groups is 1. The zero-order valence-corrected chi connectivity index (χ0v) is 16.1. The lowest BCUT2D eigenvalue weighted by atomic mass is 9.99. The number of hydrogen-bond donors (Lipinski definition) is 2. The predicted molar refractivity (Wildman–Crippen MR) is 109 cm³/mol. The minimum Gasteiger partial charge on any atom is -0.356 e. The molecule has 0 amide bonds. The predicted octanol–water partition coefficient (Wildman–Crippen LogP) is 5.86. The number of rotatable bonds is 5. The summed E-state index contributed by atoms with van der Waals surface area (Å²) < 4.78 is 0. The van der Waals surface area contributed by atoms with Crippen LogP contribution in [0, 0.1) is 13.8 Å². The molecule has 0 fully saturated rings. The van der Waals surface area contributed by atoms with Crippen LogP contribution in [0.25, 0.3) is 0 Å². The molecule has 0 aliphatic heterocycles. The van der Waals surface area contributed by atoms with E-state index in [0.717, 1.165) is 12.1 Å². The third-order valence-corrected chi connectivity index (χ3v) is 4.95. The van der Waals surface area contributed by atoms with Crippen molar-refractivity contribution in [3.05, 3.63) is 64.7 Å². The summed E-state index contributed by atoms with van der Waals surface area (Å²) in [5, 5.41) is 7.28. The number of hydrogen-bond acceptors (Lipinski definition) is 1. The minimum absolute atomic E-state index is 0.170. The van der Waals surface area contributed by atoms with Gasteiger partial charge in [0.25, 0.3) is 0 Å². The van der Waals surface area contributed by atoms with Crippen LogP contribution in [0.15, 0.2) is 42.5 Å². The molecule has 0 saturated carbocycles. The summed E-state index contributed by atoms with van der Waals surface area (Å²) in [6.07, 6.45) is 1.15. The van der Waals surface area contributed by atoms with Crippen molar-refractivity contribution in [3.63, 3.8) is 0 Å². The Bertz CT molecular complexity index is 691. The summed E-state index contributed by atoms with van der Waals surface area (Å²) in [5.74, 6) is 0.592. The van der Waals surface area contributed by atoms with E-state index >= 15 is 0 Å². The van der Waals surface area contributed by atoms with Gasteiger partial charge in [0, 0.05) is 5.69 Å². The fourth-order valence-corrected chi connectivity index (χ4v) is 2.91. The van der Waals surface area contributed by atoms with Gasteiger partial charge in [0.2, 0.25) is 0 Å². The van der Waals surface area contributed by atoms with Gasteiger partial charge in [0.1, 0.15) is 0 Å². The Morgan fingerprint density at radius 2 is 1.58 bits per heavy atom. The summed E-state index contributed by atoms with van der Waals surface area (Å²) in [7, 11) is 0. The van der Waals surface area contributed by atoms with Crippen molar-refractivity contribution in [3.8, 4) is 0 Å². The van der Waals surface area contributed by atoms with E-state index in [9.17, 15) is 0 Å². The first-order chi connectivity index (χ1) is 11.4. The monoisotopic (exact) mass is 340 g/mol. The van der Waals surface area contributed by atoms with Gasteiger partial charge in [-0.25, -0.2) is 0 Å². The fourth-order valence-electron chi connectivity index (χ4n) is 2.61. The van der Waals surface area contributed by atoms with Crippen LogP contribution in [0.4, 0.5) is 5.69 Å². The second kappa shape index (κ2) is 8.29. The molecule has 0 spiro atoms. The highest BCUT2D eigenvalue weighted by Gasteiger charge is 2.09. The van der Waals surface area contributed by atoms with Crippen molar-refractivity contribution in [1.82, 2.24) is 5.32 Å². The fraction of sp³-hybridized carbons (Fsp3) is 0.381. The molecule has 2 aromatic rings. The van der Waals surface area contributed by atoms with Crippen molar-refractivity contribution < 1.29 is 0 Å². The van der Waals surface area contributed by atoms with E-state index in [1.54, 1.807) is 0 Å². The highest BCUT2D eigenvalue weighted by atomic mass is 32.1. The van der Waals surface area contributed by atoms with Gasteiger partial charge in [-0.15, -0.1) is 0 Å². The van der Waals surface area contributed by atoms with Gasteiger partial charge < -0.3 is 10.6 Å². The summed E-state index contributed by atoms with van der Waals surface area (Å²) in [6.45, 7) is 10.9. The zero-order valence-electron chi connectivity index (χ0n) is 15.3. The summed E-state index contributed by atoms with van der Waals surface area (Å²) in [5.41, 5.74) is 6.25. The van der Waals surface area contributed by atoms with Crippen LogP contribution in [0.3, 0.4) is 0 Å². The van der Waals surface area contributed by atoms with E-state index in [4.69, 9.17) is 12.2 Å². The standard InChI is InChI=1S/C21H28N2S/c1-6-14(2)18-9-11-20(12-10-18)23-21(24)22-17(5)19-8-7-15(3)16(4)13-19/h7-14,17H,6H2,1-5H3,(H2,22,23,24). The summed E-state index contributed by atoms with van der Waals surface area (Å²) >= 11 is 5.46. The Balaban J connectivity index is 1.96. The Morgan fingerprint density at radius 1 is 0.958 bits per heavy atom. The summed E-state index contributed by atoms with van der Waals surface area (Å²) in [4.78, 5) is 0. The van der Waals surface area contributed by atoms with Gasteiger partial charge in [0.05, 0.1) is 6.04 Å². The normalized spacial score (nSPS) is 13.2. The van der Waals surface area contributed by atoms with Crippen LogP contribution in [0.5, 0.6) is 0 Å². The van der Waals surface area contributed by atoms with E-state index < -0.39 is 0 Å². The molecular formula is C21H28N2S. The van der Waals surface area contributed by atoms with E-state index in [1.165, 1.54) is 22.3 Å². The average molecular weight is 341 g/mol. The maximum atomic E-state index is 5.46. The van der Waals surface area contributed by atoms with Crippen molar-refractivity contribution >= 4 is 23.0 Å². The van der Waals surface area contributed by atoms with Crippen LogP contribution in [0.2, 0.25) is 0 Å². The van der Waals surface area contributed by atoms with E-state index in [2.05, 4.69) is 87.7 Å². The topological polar surface area (TPSA) is 24.1 Å². The molecule has 0 aromatic heterocycles. The molecule has 2 nitrogen and oxygen atoms in total. The van der Waals surface area contributed by atoms with Gasteiger partial charge in [-0.2, -0.15) is 0 Å². The van der Waals surface area contributed by atoms with Gasteiger partial charge in [-0.1, -0.05) is 44.2 Å². The molecule has 0 aliphatic rings. The lowest BCUT2D eigenvalue weighted by Gasteiger charge is -2.18. The van der Waals surface area contributed by atoms with E-state index in [-0.39, 0.29) is 6.04 Å². The van der Waals surface area contributed by atoms with Crippen molar-refractivity contribution in [1.29, 1.82) is 0 Å². The molecule has 2 unspecified atom stereocenters. The first kappa shape index (κ1) is 18.5. The molecule has 2 atom stereocenters. The quantitative estimate of drug-likeness (QED) is 0.666. The van der Waals surface area contributed by atoms with Gasteiger partial charge in [0.15, 0.2) is 5.11 Å². The molecule has 0 radical (unpaired) electrons. The first-order valence-corrected chi connectivity index (χ1v) is 9.06. The molecule has 2 N–H and O–H groups in total. The molecule has 24 heavy (non-hydrogen) atoms. The lowest BCUT2D eigenvalue weighted by molar-refractivity contribution is 0.721. The van der Waals surface area contributed by atoms with Gasteiger partial charge in [-0.05, 0) is 79.7 Å². The largest absolute Gasteiger partial charge is 0.356 e. The molecule has 2 aromatic carbocycles. The number of anilines is 1. The molecule has 0 saturated heterocycles. The van der Waals surface area contributed by atoms with Crippen LogP contribution in [-0.4, -0.2) is 5.11 Å². The maximum absolute atomic E-state index is 5.46. The SMILES string of the molecule is CCC(C)c1ccc(NC(=S)NC(C)c2ccc(C)c(C)c2)cc1. The maximum Gasteiger partial charge on any atom is 0.171 e. The molecule has 0 bridgehead atoms. The lowest BCUT2D eigenvalue weighted by Crippen LogP contribution is -2.30. The Hall–Kier alpha value is -1.87. The van der Waals surface area contributed by atoms with Gasteiger partial charge in [-0.3, -0.25) is 0 Å². The second-order valence-corrected chi connectivity index (χ2v) is 7.00. The van der Waals surface area contributed by atoms with Crippen molar-refractivity contribution in [2.24, 2.45) is 0 Å². The molecule has 128 valence electrons. The number of benzene rings is 2. The smallest absolute Gasteiger partial charge is 0.171 e. The van der Waals surface area contributed by atoms with Gasteiger partial charge >= 0.3 is 0 Å². The molecule has 0 aliphatic carbocycles. The highest BCUT2D eigenvalue weighted by Crippen LogP contribution is 2.21. The first-order valence-electron chi connectivity index (χ1n) is 8.65. The minimum atomic E-state index is 0.170. The van der Waals surface area contributed by atoms with Crippen LogP contribution in [-0.2, 0) is 0 Å². The van der Waals surface area contributed by atoms with E-state index in [0.29, 0.717) is 11.0 Å². The zero-order chi connectivity index (χ0) is 17.7. The number of nitrogens with one attached hydrogen (secondary N) is 2. The molecule has 0 heterocycles. The molecule has 3 heteroatoms. The molecular weight excluding hydrogens is 312 g/mol. The summed E-state index contributed by atoms with van der Waals surface area (Å²) in [6, 6.07) is 15.2. The van der Waals surface area contributed by atoms with E-state index in [1.807, 2.05) is 0 Å². The van der Waals surface area contributed by atoms with Crippen molar-refractivity contribution in [2.75, 3.05) is 5.32 Å². The van der Waals surface area contributed by atoms with Crippen molar-refractivity contribution in [2.45, 2.75) is 53.0 Å². The molecule has 2 rings (SSSR count). The van der Waals surface area contributed by atoms with Crippen LogP contribution >= 0.6 is 12.2 Å². The van der Waals surface area contributed by atoms with Crippen LogP contribution in [0.1, 0.15) is 61.4 Å². The Kier molecular flexibility index (Phi) is 6.38. The average Bonchev–Trinajstić information content (AvgIpc) is 2.57. The number of aryl methyl sites for hydroxylation is 2.